The Morgan fingerprint density at radius 3 is 2.11 bits per heavy atom. The van der Waals surface area contributed by atoms with Crippen molar-refractivity contribution >= 4 is 27.5 Å². The van der Waals surface area contributed by atoms with Gasteiger partial charge in [0.25, 0.3) is 11.8 Å². The quantitative estimate of drug-likeness (QED) is 0.435. The number of hydrogen-bond donors (Lipinski definition) is 2. The minimum atomic E-state index is -3.48. The SMILES string of the molecule is CC(C)CNC(=O)c1ccccc1NC(=O)c1ccc(CN2CCN(S(=O)(=O)c3ccccc3)CC2)cc1. The van der Waals surface area contributed by atoms with E-state index in [1.165, 1.54) is 4.31 Å². The third kappa shape index (κ3) is 6.86. The molecule has 0 atom stereocenters. The topological polar surface area (TPSA) is 98.8 Å². The molecule has 1 heterocycles. The number of hydrogen-bond acceptors (Lipinski definition) is 5. The molecule has 0 unspecified atom stereocenters. The van der Waals surface area contributed by atoms with Gasteiger partial charge in [-0.25, -0.2) is 8.42 Å². The van der Waals surface area contributed by atoms with Crippen molar-refractivity contribution in [3.8, 4) is 0 Å². The number of benzene rings is 3. The highest BCUT2D eigenvalue weighted by Crippen LogP contribution is 2.19. The summed E-state index contributed by atoms with van der Waals surface area (Å²) in [5.74, 6) is -0.188. The Balaban J connectivity index is 1.32. The van der Waals surface area contributed by atoms with E-state index in [0.29, 0.717) is 66.9 Å². The monoisotopic (exact) mass is 534 g/mol. The zero-order chi connectivity index (χ0) is 27.1. The highest BCUT2D eigenvalue weighted by atomic mass is 32.2. The van der Waals surface area contributed by atoms with Gasteiger partial charge in [-0.2, -0.15) is 4.31 Å². The summed E-state index contributed by atoms with van der Waals surface area (Å²) in [5, 5.41) is 5.74. The molecule has 0 aromatic heterocycles. The van der Waals surface area contributed by atoms with Crippen LogP contribution in [0.1, 0.15) is 40.1 Å². The number of anilines is 1. The predicted octanol–water partition coefficient (Wildman–Crippen LogP) is 3.83. The van der Waals surface area contributed by atoms with Gasteiger partial charge >= 0.3 is 0 Å². The maximum absolute atomic E-state index is 12.9. The molecule has 200 valence electrons. The van der Waals surface area contributed by atoms with Crippen molar-refractivity contribution in [1.82, 2.24) is 14.5 Å². The van der Waals surface area contributed by atoms with Gasteiger partial charge in [0, 0.05) is 44.8 Å². The van der Waals surface area contributed by atoms with Crippen molar-refractivity contribution in [3.63, 3.8) is 0 Å². The summed E-state index contributed by atoms with van der Waals surface area (Å²) in [6.07, 6.45) is 0. The standard InChI is InChI=1S/C29H34N4O4S/c1-22(2)20-30-29(35)26-10-6-7-11-27(26)31-28(34)24-14-12-23(13-15-24)21-32-16-18-33(19-17-32)38(36,37)25-8-4-3-5-9-25/h3-15,22H,16-21H2,1-2H3,(H,30,35)(H,31,34). The lowest BCUT2D eigenvalue weighted by atomic mass is 10.1. The Hall–Kier alpha value is -3.53. The Morgan fingerprint density at radius 2 is 1.45 bits per heavy atom. The van der Waals surface area contributed by atoms with Crippen LogP contribution in [0.3, 0.4) is 0 Å². The zero-order valence-electron chi connectivity index (χ0n) is 21.8. The molecule has 1 fully saturated rings. The Labute approximate surface area is 224 Å². The van der Waals surface area contributed by atoms with E-state index in [9.17, 15) is 18.0 Å². The summed E-state index contributed by atoms with van der Waals surface area (Å²) in [6.45, 7) is 7.39. The van der Waals surface area contributed by atoms with Crippen LogP contribution in [-0.2, 0) is 16.6 Å². The van der Waals surface area contributed by atoms with Gasteiger partial charge < -0.3 is 10.6 Å². The number of para-hydroxylation sites is 1. The van der Waals surface area contributed by atoms with E-state index in [4.69, 9.17) is 0 Å². The molecular weight excluding hydrogens is 500 g/mol. The number of carbonyl (C=O) groups excluding carboxylic acids is 2. The van der Waals surface area contributed by atoms with E-state index in [1.807, 2.05) is 26.0 Å². The van der Waals surface area contributed by atoms with E-state index < -0.39 is 10.0 Å². The molecule has 9 heteroatoms. The van der Waals surface area contributed by atoms with Crippen LogP contribution in [0, 0.1) is 5.92 Å². The van der Waals surface area contributed by atoms with Crippen LogP contribution in [0.15, 0.2) is 83.8 Å². The molecule has 0 saturated carbocycles. The van der Waals surface area contributed by atoms with Crippen LogP contribution in [0.25, 0.3) is 0 Å². The van der Waals surface area contributed by atoms with E-state index >= 15 is 0 Å². The molecule has 1 saturated heterocycles. The average Bonchev–Trinajstić information content (AvgIpc) is 2.93. The van der Waals surface area contributed by atoms with Gasteiger partial charge in [0.1, 0.15) is 0 Å². The minimum absolute atomic E-state index is 0.221. The molecule has 3 aromatic carbocycles. The molecule has 38 heavy (non-hydrogen) atoms. The maximum atomic E-state index is 12.9. The summed E-state index contributed by atoms with van der Waals surface area (Å²) >= 11 is 0. The van der Waals surface area contributed by atoms with Gasteiger partial charge in [0.2, 0.25) is 10.0 Å². The van der Waals surface area contributed by atoms with Crippen LogP contribution in [-0.4, -0.2) is 62.2 Å². The van der Waals surface area contributed by atoms with Gasteiger partial charge in [-0.15, -0.1) is 0 Å². The maximum Gasteiger partial charge on any atom is 0.255 e. The van der Waals surface area contributed by atoms with Crippen LogP contribution >= 0.6 is 0 Å². The normalized spacial score (nSPS) is 14.8. The largest absolute Gasteiger partial charge is 0.352 e. The van der Waals surface area contributed by atoms with Crippen molar-refractivity contribution < 1.29 is 18.0 Å². The van der Waals surface area contributed by atoms with Crippen molar-refractivity contribution in [2.75, 3.05) is 38.0 Å². The zero-order valence-corrected chi connectivity index (χ0v) is 22.6. The van der Waals surface area contributed by atoms with E-state index in [-0.39, 0.29) is 11.8 Å². The van der Waals surface area contributed by atoms with Crippen LogP contribution in [0.2, 0.25) is 0 Å². The Morgan fingerprint density at radius 1 is 0.816 bits per heavy atom. The third-order valence-electron chi connectivity index (χ3n) is 6.43. The minimum Gasteiger partial charge on any atom is -0.352 e. The van der Waals surface area contributed by atoms with Gasteiger partial charge in [-0.3, -0.25) is 14.5 Å². The molecule has 2 amide bonds. The van der Waals surface area contributed by atoms with E-state index in [2.05, 4.69) is 15.5 Å². The molecule has 1 aliphatic heterocycles. The smallest absolute Gasteiger partial charge is 0.255 e. The molecule has 0 spiro atoms. The van der Waals surface area contributed by atoms with Crippen molar-refractivity contribution in [3.05, 3.63) is 95.6 Å². The number of nitrogens with one attached hydrogen (secondary N) is 2. The van der Waals surface area contributed by atoms with Gasteiger partial charge in [-0.05, 0) is 47.9 Å². The molecule has 3 aromatic rings. The molecule has 2 N–H and O–H groups in total. The molecular formula is C29H34N4O4S. The average molecular weight is 535 g/mol. The third-order valence-corrected chi connectivity index (χ3v) is 8.34. The van der Waals surface area contributed by atoms with Gasteiger partial charge in [-0.1, -0.05) is 56.3 Å². The number of carbonyl (C=O) groups is 2. The highest BCUT2D eigenvalue weighted by Gasteiger charge is 2.28. The van der Waals surface area contributed by atoms with E-state index in [1.54, 1.807) is 66.7 Å². The van der Waals surface area contributed by atoms with Crippen molar-refractivity contribution in [2.45, 2.75) is 25.3 Å². The number of piperazine rings is 1. The first-order valence-corrected chi connectivity index (χ1v) is 14.2. The summed E-state index contributed by atoms with van der Waals surface area (Å²) < 4.78 is 27.2. The lowest BCUT2D eigenvalue weighted by Gasteiger charge is -2.34. The first-order valence-electron chi connectivity index (χ1n) is 12.8. The lowest BCUT2D eigenvalue weighted by molar-refractivity contribution is 0.0950. The second-order valence-corrected chi connectivity index (χ2v) is 11.7. The van der Waals surface area contributed by atoms with Crippen LogP contribution in [0.4, 0.5) is 5.69 Å². The Kier molecular flexibility index (Phi) is 8.93. The van der Waals surface area contributed by atoms with Crippen molar-refractivity contribution in [1.29, 1.82) is 0 Å². The number of sulfonamides is 1. The summed E-state index contributed by atoms with van der Waals surface area (Å²) in [7, 11) is -3.48. The highest BCUT2D eigenvalue weighted by molar-refractivity contribution is 7.89. The fraction of sp³-hybridized carbons (Fsp3) is 0.310. The van der Waals surface area contributed by atoms with Crippen LogP contribution in [0.5, 0.6) is 0 Å². The van der Waals surface area contributed by atoms with Crippen molar-refractivity contribution in [2.24, 2.45) is 5.92 Å². The predicted molar refractivity (Wildman–Crippen MR) is 148 cm³/mol. The fourth-order valence-corrected chi connectivity index (χ4v) is 5.71. The number of nitrogens with zero attached hydrogens (tertiary/aromatic N) is 2. The molecule has 4 rings (SSSR count). The molecule has 8 nitrogen and oxygen atoms in total. The molecule has 0 radical (unpaired) electrons. The van der Waals surface area contributed by atoms with E-state index in [0.717, 1.165) is 5.56 Å². The summed E-state index contributed by atoms with van der Waals surface area (Å²) in [6, 6.07) is 22.8. The fourth-order valence-electron chi connectivity index (χ4n) is 4.27. The second kappa shape index (κ2) is 12.3. The van der Waals surface area contributed by atoms with Gasteiger partial charge in [0.15, 0.2) is 0 Å². The molecule has 0 aliphatic carbocycles. The lowest BCUT2D eigenvalue weighted by Crippen LogP contribution is -2.48. The molecule has 0 bridgehead atoms. The molecule has 1 aliphatic rings. The Bertz CT molecular complexity index is 1350. The first kappa shape index (κ1) is 27.5. The number of amides is 2. The summed E-state index contributed by atoms with van der Waals surface area (Å²) in [4.78, 5) is 28.0. The summed E-state index contributed by atoms with van der Waals surface area (Å²) in [5.41, 5.74) is 2.41. The second-order valence-electron chi connectivity index (χ2n) is 9.79. The number of rotatable bonds is 9. The first-order chi connectivity index (χ1) is 18.2. The van der Waals surface area contributed by atoms with Crippen LogP contribution < -0.4 is 10.6 Å². The van der Waals surface area contributed by atoms with Gasteiger partial charge in [0.05, 0.1) is 16.1 Å².